The lowest BCUT2D eigenvalue weighted by Crippen LogP contribution is -2.43. The summed E-state index contributed by atoms with van der Waals surface area (Å²) in [6.45, 7) is 2.18. The number of carbonyl (C=O) groups is 2. The number of urea groups is 1. The van der Waals surface area contributed by atoms with Crippen molar-refractivity contribution in [2.45, 2.75) is 0 Å². The summed E-state index contributed by atoms with van der Waals surface area (Å²) in [6.07, 6.45) is 0. The minimum absolute atomic E-state index is 0.0179. The summed E-state index contributed by atoms with van der Waals surface area (Å²) in [4.78, 5) is 24.5. The number of morpholine rings is 1. The maximum atomic E-state index is 11.7. The fourth-order valence-electron chi connectivity index (χ4n) is 2.69. The number of hydrogen-bond acceptors (Lipinski definition) is 4. The molecular weight excluding hydrogens is 310 g/mol. The highest BCUT2D eigenvalue weighted by atomic mass is 16.5. The highest BCUT2D eigenvalue weighted by molar-refractivity contribution is 6.03. The molecule has 0 radical (unpaired) electrons. The minimum Gasteiger partial charge on any atom is -0.491 e. The third-order valence-corrected chi connectivity index (χ3v) is 3.84. The van der Waals surface area contributed by atoms with Gasteiger partial charge in [0.15, 0.2) is 0 Å². The van der Waals surface area contributed by atoms with E-state index in [1.807, 2.05) is 24.3 Å². The number of amides is 3. The molecule has 0 spiro atoms. The average molecular weight is 329 g/mol. The van der Waals surface area contributed by atoms with Crippen LogP contribution in [-0.2, 0) is 9.53 Å². The number of anilines is 1. The molecule has 7 heteroatoms. The van der Waals surface area contributed by atoms with Crippen molar-refractivity contribution >= 4 is 28.4 Å². The molecule has 1 aliphatic rings. The summed E-state index contributed by atoms with van der Waals surface area (Å²) in [5.74, 6) is 0.678. The number of hydrogen-bond donors (Lipinski definition) is 2. The van der Waals surface area contributed by atoms with Crippen LogP contribution < -0.4 is 15.8 Å². The molecule has 0 bridgehead atoms. The summed E-state index contributed by atoms with van der Waals surface area (Å²) >= 11 is 0. The predicted octanol–water partition coefficient (Wildman–Crippen LogP) is 1.57. The highest BCUT2D eigenvalue weighted by Gasteiger charge is 2.18. The number of rotatable bonds is 5. The van der Waals surface area contributed by atoms with Crippen LogP contribution in [0, 0.1) is 0 Å². The zero-order chi connectivity index (χ0) is 16.9. The van der Waals surface area contributed by atoms with Gasteiger partial charge in [0.1, 0.15) is 19.0 Å². The molecule has 1 aliphatic heterocycles. The van der Waals surface area contributed by atoms with E-state index in [2.05, 4.69) is 5.32 Å². The van der Waals surface area contributed by atoms with Crippen molar-refractivity contribution in [3.63, 3.8) is 0 Å². The fourth-order valence-corrected chi connectivity index (χ4v) is 2.69. The Labute approximate surface area is 139 Å². The molecule has 2 aromatic rings. The van der Waals surface area contributed by atoms with Gasteiger partial charge in [-0.25, -0.2) is 4.79 Å². The first-order valence-electron chi connectivity index (χ1n) is 7.71. The van der Waals surface area contributed by atoms with Gasteiger partial charge in [0, 0.05) is 17.3 Å². The Kier molecular flexibility index (Phi) is 4.81. The molecular formula is C17H19N3O4. The lowest BCUT2D eigenvalue weighted by Gasteiger charge is -2.26. The van der Waals surface area contributed by atoms with Gasteiger partial charge >= 0.3 is 6.03 Å². The number of carbonyl (C=O) groups excluding carboxylic acids is 2. The molecule has 24 heavy (non-hydrogen) atoms. The van der Waals surface area contributed by atoms with E-state index < -0.39 is 6.03 Å². The van der Waals surface area contributed by atoms with Crippen molar-refractivity contribution in [2.75, 3.05) is 38.2 Å². The molecule has 1 heterocycles. The fraction of sp³-hybridized carbons (Fsp3) is 0.294. The second kappa shape index (κ2) is 7.18. The van der Waals surface area contributed by atoms with Crippen LogP contribution in [0.2, 0.25) is 0 Å². The zero-order valence-electron chi connectivity index (χ0n) is 13.2. The smallest absolute Gasteiger partial charge is 0.316 e. The molecule has 3 N–H and O–H groups in total. The van der Waals surface area contributed by atoms with Gasteiger partial charge in [0.2, 0.25) is 5.91 Å². The van der Waals surface area contributed by atoms with E-state index in [0.29, 0.717) is 37.7 Å². The Morgan fingerprint density at radius 2 is 2.04 bits per heavy atom. The van der Waals surface area contributed by atoms with Crippen LogP contribution in [0.25, 0.3) is 10.8 Å². The van der Waals surface area contributed by atoms with Crippen LogP contribution in [0.5, 0.6) is 5.75 Å². The first-order valence-corrected chi connectivity index (χ1v) is 7.71. The molecule has 0 aliphatic carbocycles. The SMILES string of the molecule is NC(=O)Nc1ccc(OCCN2CCOCC2=O)c2ccccc12. The van der Waals surface area contributed by atoms with Crippen molar-refractivity contribution in [3.05, 3.63) is 36.4 Å². The third-order valence-electron chi connectivity index (χ3n) is 3.84. The Morgan fingerprint density at radius 1 is 1.25 bits per heavy atom. The molecule has 0 atom stereocenters. The number of primary amides is 1. The summed E-state index contributed by atoms with van der Waals surface area (Å²) < 4.78 is 11.0. The maximum absolute atomic E-state index is 11.7. The third kappa shape index (κ3) is 3.57. The summed E-state index contributed by atoms with van der Waals surface area (Å²) in [7, 11) is 0. The van der Waals surface area contributed by atoms with Gasteiger partial charge in [-0.05, 0) is 12.1 Å². The molecule has 0 saturated carbocycles. The van der Waals surface area contributed by atoms with Crippen molar-refractivity contribution in [1.29, 1.82) is 0 Å². The Morgan fingerprint density at radius 3 is 2.79 bits per heavy atom. The van der Waals surface area contributed by atoms with Gasteiger partial charge < -0.3 is 25.4 Å². The van der Waals surface area contributed by atoms with E-state index in [1.54, 1.807) is 17.0 Å². The van der Waals surface area contributed by atoms with Gasteiger partial charge in [0.05, 0.1) is 18.8 Å². The van der Waals surface area contributed by atoms with Crippen LogP contribution in [-0.4, -0.2) is 49.7 Å². The van der Waals surface area contributed by atoms with Crippen molar-refractivity contribution < 1.29 is 19.1 Å². The molecule has 3 rings (SSSR count). The summed E-state index contributed by atoms with van der Waals surface area (Å²) in [5, 5.41) is 4.32. The quantitative estimate of drug-likeness (QED) is 0.870. The molecule has 2 aromatic carbocycles. The summed E-state index contributed by atoms with van der Waals surface area (Å²) in [6, 6.07) is 10.5. The van der Waals surface area contributed by atoms with Crippen LogP contribution in [0.4, 0.5) is 10.5 Å². The van der Waals surface area contributed by atoms with E-state index in [4.69, 9.17) is 15.2 Å². The Balaban J connectivity index is 1.73. The second-order valence-corrected chi connectivity index (χ2v) is 5.43. The monoisotopic (exact) mass is 329 g/mol. The standard InChI is InChI=1S/C17H19N3O4/c18-17(22)19-14-5-6-15(13-4-2-1-3-12(13)14)24-10-8-20-7-9-23-11-16(20)21/h1-6H,7-11H2,(H3,18,19,22). The molecule has 0 unspecified atom stereocenters. The van der Waals surface area contributed by atoms with E-state index in [-0.39, 0.29) is 12.5 Å². The first kappa shape index (κ1) is 16.1. The molecule has 3 amide bonds. The number of nitrogens with zero attached hydrogens (tertiary/aromatic N) is 1. The number of ether oxygens (including phenoxy) is 2. The Bertz CT molecular complexity index is 763. The van der Waals surface area contributed by atoms with E-state index in [1.165, 1.54) is 0 Å². The van der Waals surface area contributed by atoms with E-state index >= 15 is 0 Å². The lowest BCUT2D eigenvalue weighted by atomic mass is 10.1. The van der Waals surface area contributed by atoms with Gasteiger partial charge in [-0.15, -0.1) is 0 Å². The predicted molar refractivity (Wildman–Crippen MR) is 90.0 cm³/mol. The second-order valence-electron chi connectivity index (χ2n) is 5.43. The van der Waals surface area contributed by atoms with Crippen LogP contribution in [0.1, 0.15) is 0 Å². The van der Waals surface area contributed by atoms with Crippen molar-refractivity contribution in [1.82, 2.24) is 4.90 Å². The van der Waals surface area contributed by atoms with Gasteiger partial charge in [-0.2, -0.15) is 0 Å². The normalized spacial score (nSPS) is 14.7. The topological polar surface area (TPSA) is 93.9 Å². The van der Waals surface area contributed by atoms with E-state index in [0.717, 1.165) is 10.8 Å². The van der Waals surface area contributed by atoms with Crippen LogP contribution in [0.3, 0.4) is 0 Å². The molecule has 7 nitrogen and oxygen atoms in total. The van der Waals surface area contributed by atoms with Gasteiger partial charge in [-0.1, -0.05) is 24.3 Å². The number of nitrogens with one attached hydrogen (secondary N) is 1. The Hall–Kier alpha value is -2.80. The van der Waals surface area contributed by atoms with Crippen molar-refractivity contribution in [2.24, 2.45) is 5.73 Å². The molecule has 1 saturated heterocycles. The molecule has 0 aromatic heterocycles. The summed E-state index contributed by atoms with van der Waals surface area (Å²) in [5.41, 5.74) is 5.83. The van der Waals surface area contributed by atoms with Crippen LogP contribution >= 0.6 is 0 Å². The van der Waals surface area contributed by atoms with Gasteiger partial charge in [0.25, 0.3) is 0 Å². The highest BCUT2D eigenvalue weighted by Crippen LogP contribution is 2.31. The molecule has 126 valence electrons. The largest absolute Gasteiger partial charge is 0.491 e. The zero-order valence-corrected chi connectivity index (χ0v) is 13.2. The number of nitrogens with two attached hydrogens (primary N) is 1. The first-order chi connectivity index (χ1) is 11.6. The minimum atomic E-state index is -0.611. The average Bonchev–Trinajstić information content (AvgIpc) is 2.58. The lowest BCUT2D eigenvalue weighted by molar-refractivity contribution is -0.143. The maximum Gasteiger partial charge on any atom is 0.316 e. The number of benzene rings is 2. The molecule has 1 fully saturated rings. The van der Waals surface area contributed by atoms with Gasteiger partial charge in [-0.3, -0.25) is 4.79 Å². The number of fused-ring (bicyclic) bond motifs is 1. The van der Waals surface area contributed by atoms with Crippen molar-refractivity contribution in [3.8, 4) is 5.75 Å². The van der Waals surface area contributed by atoms with E-state index in [9.17, 15) is 9.59 Å². The van der Waals surface area contributed by atoms with Crippen LogP contribution in [0.15, 0.2) is 36.4 Å².